The molecule has 21 heavy (non-hydrogen) atoms. The van der Waals surface area contributed by atoms with Crippen LogP contribution in [0, 0.1) is 5.92 Å². The maximum Gasteiger partial charge on any atom is 0.237 e. The van der Waals surface area contributed by atoms with Crippen molar-refractivity contribution in [3.63, 3.8) is 0 Å². The molecule has 1 aliphatic heterocycles. The second-order valence-corrected chi connectivity index (χ2v) is 7.60. The van der Waals surface area contributed by atoms with Gasteiger partial charge in [0.05, 0.1) is 5.54 Å². The largest absolute Gasteiger partial charge is 0.368 e. The molecule has 5 nitrogen and oxygen atoms in total. The Morgan fingerprint density at radius 3 is 2.52 bits per heavy atom. The van der Waals surface area contributed by atoms with E-state index < -0.39 is 5.54 Å². The van der Waals surface area contributed by atoms with Gasteiger partial charge >= 0.3 is 0 Å². The second-order valence-electron chi connectivity index (χ2n) is 7.60. The monoisotopic (exact) mass is 296 g/mol. The summed E-state index contributed by atoms with van der Waals surface area (Å²) in [6, 6.07) is 1.38. The number of primary amides is 1. The van der Waals surface area contributed by atoms with Crippen LogP contribution < -0.4 is 11.1 Å². The lowest BCUT2D eigenvalue weighted by molar-refractivity contribution is -0.124. The molecule has 0 radical (unpaired) electrons. The number of likely N-dealkylation sites (N-methyl/N-ethyl adjacent to an activating group) is 1. The highest BCUT2D eigenvalue weighted by Crippen LogP contribution is 2.36. The zero-order valence-corrected chi connectivity index (χ0v) is 14.2. The minimum absolute atomic E-state index is 0.185. The van der Waals surface area contributed by atoms with Crippen molar-refractivity contribution in [2.24, 2.45) is 11.7 Å². The Hall–Kier alpha value is -0.650. The van der Waals surface area contributed by atoms with Gasteiger partial charge in [-0.05, 0) is 53.1 Å². The summed E-state index contributed by atoms with van der Waals surface area (Å²) in [5.41, 5.74) is 5.21. The van der Waals surface area contributed by atoms with Gasteiger partial charge in [0.2, 0.25) is 5.91 Å². The molecule has 1 saturated carbocycles. The van der Waals surface area contributed by atoms with Crippen LogP contribution in [0.25, 0.3) is 0 Å². The summed E-state index contributed by atoms with van der Waals surface area (Å²) in [5, 5.41) is 3.44. The average molecular weight is 296 g/mol. The van der Waals surface area contributed by atoms with Gasteiger partial charge in [-0.1, -0.05) is 6.92 Å². The van der Waals surface area contributed by atoms with Crippen LogP contribution in [-0.4, -0.2) is 66.6 Å². The zero-order chi connectivity index (χ0) is 15.8. The van der Waals surface area contributed by atoms with Crippen molar-refractivity contribution >= 4 is 5.91 Å². The van der Waals surface area contributed by atoms with E-state index in [0.29, 0.717) is 18.0 Å². The first kappa shape index (κ1) is 16.7. The SMILES string of the molecule is CC(C)NC1(C(N)=O)CCC(N2CC(C)C(N(C)C)C2)C1. The standard InChI is InChI=1S/C16H32N4O/c1-11(2)18-16(15(17)21)7-6-13(8-16)20-9-12(3)14(10-20)19(4)5/h11-14,18H,6-10H2,1-5H3,(H2,17,21). The van der Waals surface area contributed by atoms with Gasteiger partial charge in [-0.2, -0.15) is 0 Å². The van der Waals surface area contributed by atoms with E-state index in [-0.39, 0.29) is 11.9 Å². The van der Waals surface area contributed by atoms with Gasteiger partial charge in [-0.25, -0.2) is 0 Å². The van der Waals surface area contributed by atoms with E-state index in [1.807, 2.05) is 0 Å². The van der Waals surface area contributed by atoms with Gasteiger partial charge in [-0.3, -0.25) is 9.69 Å². The molecule has 1 saturated heterocycles. The number of nitrogens with one attached hydrogen (secondary N) is 1. The van der Waals surface area contributed by atoms with Gasteiger partial charge in [0, 0.05) is 31.2 Å². The Morgan fingerprint density at radius 1 is 1.38 bits per heavy atom. The summed E-state index contributed by atoms with van der Waals surface area (Å²) in [5.74, 6) is 0.497. The number of carbonyl (C=O) groups is 1. The maximum atomic E-state index is 12.0. The lowest BCUT2D eigenvalue weighted by Crippen LogP contribution is -2.56. The molecule has 4 unspecified atom stereocenters. The molecule has 0 spiro atoms. The quantitative estimate of drug-likeness (QED) is 0.782. The molecule has 1 aliphatic carbocycles. The van der Waals surface area contributed by atoms with E-state index in [1.54, 1.807) is 0 Å². The topological polar surface area (TPSA) is 61.6 Å². The molecule has 5 heteroatoms. The normalized spacial score (nSPS) is 37.8. The van der Waals surface area contributed by atoms with Crippen molar-refractivity contribution in [2.45, 2.75) is 63.7 Å². The van der Waals surface area contributed by atoms with Crippen LogP contribution in [-0.2, 0) is 4.79 Å². The highest BCUT2D eigenvalue weighted by Gasteiger charge is 2.47. The first-order valence-corrected chi connectivity index (χ1v) is 8.23. The number of likely N-dealkylation sites (tertiary alicyclic amines) is 1. The fourth-order valence-electron chi connectivity index (χ4n) is 4.27. The third kappa shape index (κ3) is 3.41. The summed E-state index contributed by atoms with van der Waals surface area (Å²) in [4.78, 5) is 16.9. The Labute approximate surface area is 129 Å². The van der Waals surface area contributed by atoms with Crippen molar-refractivity contribution in [3.05, 3.63) is 0 Å². The molecule has 122 valence electrons. The average Bonchev–Trinajstić information content (AvgIpc) is 2.93. The number of hydrogen-bond donors (Lipinski definition) is 2. The van der Waals surface area contributed by atoms with Gasteiger partial charge in [-0.15, -0.1) is 0 Å². The first-order valence-electron chi connectivity index (χ1n) is 8.23. The lowest BCUT2D eigenvalue weighted by Gasteiger charge is -2.31. The fourth-order valence-corrected chi connectivity index (χ4v) is 4.27. The van der Waals surface area contributed by atoms with Crippen LogP contribution in [0.15, 0.2) is 0 Å². The number of carbonyl (C=O) groups excluding carboxylic acids is 1. The summed E-state index contributed by atoms with van der Waals surface area (Å²) >= 11 is 0. The van der Waals surface area contributed by atoms with E-state index in [9.17, 15) is 4.79 Å². The highest BCUT2D eigenvalue weighted by molar-refractivity contribution is 5.85. The summed E-state index contributed by atoms with van der Waals surface area (Å²) < 4.78 is 0. The molecule has 2 aliphatic rings. The predicted molar refractivity (Wildman–Crippen MR) is 86.0 cm³/mol. The summed E-state index contributed by atoms with van der Waals surface area (Å²) in [6.45, 7) is 8.72. The molecule has 0 aromatic carbocycles. The molecule has 0 bridgehead atoms. The van der Waals surface area contributed by atoms with Crippen molar-refractivity contribution in [1.29, 1.82) is 0 Å². The predicted octanol–water partition coefficient (Wildman–Crippen LogP) is 0.643. The van der Waals surface area contributed by atoms with Gasteiger partial charge in [0.15, 0.2) is 0 Å². The Balaban J connectivity index is 2.03. The van der Waals surface area contributed by atoms with Crippen LogP contribution in [0.3, 0.4) is 0 Å². The molecular formula is C16H32N4O. The van der Waals surface area contributed by atoms with Crippen LogP contribution in [0.2, 0.25) is 0 Å². The molecule has 2 rings (SSSR count). The van der Waals surface area contributed by atoms with Gasteiger partial charge < -0.3 is 16.0 Å². The van der Waals surface area contributed by atoms with Crippen LogP contribution in [0.4, 0.5) is 0 Å². The van der Waals surface area contributed by atoms with Crippen LogP contribution in [0.1, 0.15) is 40.0 Å². The Kier molecular flexibility index (Phi) is 4.96. The second kappa shape index (κ2) is 6.23. The number of amides is 1. The Bertz CT molecular complexity index is 384. The minimum atomic E-state index is -0.502. The van der Waals surface area contributed by atoms with E-state index >= 15 is 0 Å². The van der Waals surface area contributed by atoms with Crippen molar-refractivity contribution in [1.82, 2.24) is 15.1 Å². The number of rotatable bonds is 5. The molecule has 1 heterocycles. The minimum Gasteiger partial charge on any atom is -0.368 e. The number of hydrogen-bond acceptors (Lipinski definition) is 4. The molecule has 4 atom stereocenters. The van der Waals surface area contributed by atoms with E-state index in [0.717, 1.165) is 32.4 Å². The van der Waals surface area contributed by atoms with Crippen molar-refractivity contribution < 1.29 is 4.79 Å². The number of nitrogens with zero attached hydrogens (tertiary/aromatic N) is 2. The van der Waals surface area contributed by atoms with E-state index in [1.165, 1.54) is 0 Å². The molecule has 0 aromatic heterocycles. The van der Waals surface area contributed by atoms with Crippen molar-refractivity contribution in [3.8, 4) is 0 Å². The molecule has 1 amide bonds. The molecule has 0 aromatic rings. The highest BCUT2D eigenvalue weighted by atomic mass is 16.1. The van der Waals surface area contributed by atoms with Crippen LogP contribution in [0.5, 0.6) is 0 Å². The van der Waals surface area contributed by atoms with E-state index in [2.05, 4.69) is 50.0 Å². The molecule has 2 fully saturated rings. The third-order valence-corrected chi connectivity index (χ3v) is 5.31. The molecular weight excluding hydrogens is 264 g/mol. The molecule has 3 N–H and O–H groups in total. The maximum absolute atomic E-state index is 12.0. The number of nitrogens with two attached hydrogens (primary N) is 1. The summed E-state index contributed by atoms with van der Waals surface area (Å²) in [6.07, 6.45) is 2.78. The first-order chi connectivity index (χ1) is 9.75. The fraction of sp³-hybridized carbons (Fsp3) is 0.938. The third-order valence-electron chi connectivity index (χ3n) is 5.31. The van der Waals surface area contributed by atoms with Crippen molar-refractivity contribution in [2.75, 3.05) is 27.2 Å². The van der Waals surface area contributed by atoms with Gasteiger partial charge in [0.25, 0.3) is 0 Å². The summed E-state index contributed by atoms with van der Waals surface area (Å²) in [7, 11) is 4.32. The van der Waals surface area contributed by atoms with Gasteiger partial charge in [0.1, 0.15) is 0 Å². The zero-order valence-electron chi connectivity index (χ0n) is 14.2. The van der Waals surface area contributed by atoms with E-state index in [4.69, 9.17) is 5.73 Å². The Morgan fingerprint density at radius 2 is 2.05 bits per heavy atom. The smallest absolute Gasteiger partial charge is 0.237 e. The van der Waals surface area contributed by atoms with Crippen LogP contribution >= 0.6 is 0 Å². The lowest BCUT2D eigenvalue weighted by atomic mass is 9.95.